The summed E-state index contributed by atoms with van der Waals surface area (Å²) in [7, 11) is 1.64. The number of amides is 1. The van der Waals surface area contributed by atoms with E-state index in [2.05, 4.69) is 20.3 Å². The van der Waals surface area contributed by atoms with Crippen molar-refractivity contribution in [3.63, 3.8) is 0 Å². The van der Waals surface area contributed by atoms with Crippen LogP contribution in [-0.4, -0.2) is 44.4 Å². The molecule has 170 valence electrons. The van der Waals surface area contributed by atoms with Crippen molar-refractivity contribution >= 4 is 17.5 Å². The van der Waals surface area contributed by atoms with Crippen molar-refractivity contribution in [3.8, 4) is 17.1 Å². The lowest BCUT2D eigenvalue weighted by Gasteiger charge is -2.25. The number of carbonyl (C=O) groups excluding carboxylic acids is 1. The molecule has 0 unspecified atom stereocenters. The van der Waals surface area contributed by atoms with Crippen LogP contribution in [0.4, 0.5) is 11.6 Å². The Bertz CT molecular complexity index is 1280. The van der Waals surface area contributed by atoms with Crippen molar-refractivity contribution in [3.05, 3.63) is 90.5 Å². The number of hydrogen-bond acceptors (Lipinski definition) is 7. The van der Waals surface area contributed by atoms with E-state index in [1.165, 1.54) is 0 Å². The average molecular weight is 453 g/mol. The quantitative estimate of drug-likeness (QED) is 0.455. The van der Waals surface area contributed by atoms with Crippen molar-refractivity contribution in [1.29, 1.82) is 0 Å². The second-order valence-corrected chi connectivity index (χ2v) is 7.97. The van der Waals surface area contributed by atoms with E-state index in [0.717, 1.165) is 35.5 Å². The molecule has 1 N–H and O–H groups in total. The maximum Gasteiger partial charge on any atom is 0.254 e. The second kappa shape index (κ2) is 9.66. The van der Waals surface area contributed by atoms with Gasteiger partial charge in [-0.3, -0.25) is 4.79 Å². The van der Waals surface area contributed by atoms with Gasteiger partial charge in [0.15, 0.2) is 5.82 Å². The molecular weight excluding hydrogens is 428 g/mol. The van der Waals surface area contributed by atoms with Gasteiger partial charge in [-0.1, -0.05) is 6.07 Å². The highest BCUT2D eigenvalue weighted by molar-refractivity contribution is 5.95. The Morgan fingerprint density at radius 2 is 1.82 bits per heavy atom. The number of methoxy groups -OCH3 is 1. The Morgan fingerprint density at radius 1 is 1.00 bits per heavy atom. The third-order valence-corrected chi connectivity index (χ3v) is 5.81. The fraction of sp³-hybridized carbons (Fsp3) is 0.192. The minimum absolute atomic E-state index is 0.0234. The Kier molecular flexibility index (Phi) is 6.11. The normalized spacial score (nSPS) is 15.2. The molecule has 2 aromatic carbocycles. The first-order chi connectivity index (χ1) is 16.7. The minimum Gasteiger partial charge on any atom is -0.497 e. The molecule has 1 aliphatic heterocycles. The fourth-order valence-corrected chi connectivity index (χ4v) is 4.14. The molecule has 4 aromatic rings. The summed E-state index contributed by atoms with van der Waals surface area (Å²) in [5.41, 5.74) is 3.12. The monoisotopic (exact) mass is 452 g/mol. The van der Waals surface area contributed by atoms with E-state index < -0.39 is 0 Å². The van der Waals surface area contributed by atoms with Crippen LogP contribution >= 0.6 is 0 Å². The molecule has 8 nitrogen and oxygen atoms in total. The molecule has 3 heterocycles. The zero-order chi connectivity index (χ0) is 23.3. The van der Waals surface area contributed by atoms with Crippen LogP contribution in [0.2, 0.25) is 0 Å². The van der Waals surface area contributed by atoms with E-state index in [-0.39, 0.29) is 11.9 Å². The second-order valence-electron chi connectivity index (χ2n) is 7.97. The first kappa shape index (κ1) is 21.5. The molecule has 1 saturated heterocycles. The number of anilines is 2. The molecule has 34 heavy (non-hydrogen) atoms. The van der Waals surface area contributed by atoms with Crippen LogP contribution < -0.4 is 10.1 Å². The van der Waals surface area contributed by atoms with Crippen molar-refractivity contribution in [2.45, 2.75) is 18.9 Å². The summed E-state index contributed by atoms with van der Waals surface area (Å²) in [5, 5.41) is 3.14. The molecule has 0 spiro atoms. The zero-order valence-electron chi connectivity index (χ0n) is 18.8. The Morgan fingerprint density at radius 3 is 2.62 bits per heavy atom. The summed E-state index contributed by atoms with van der Waals surface area (Å²) in [6.07, 6.45) is 6.88. The molecular formula is C26H24N6O2. The van der Waals surface area contributed by atoms with Crippen molar-refractivity contribution in [1.82, 2.24) is 24.8 Å². The first-order valence-corrected chi connectivity index (χ1v) is 11.1. The van der Waals surface area contributed by atoms with E-state index in [4.69, 9.17) is 9.72 Å². The summed E-state index contributed by atoms with van der Waals surface area (Å²) < 4.78 is 5.24. The van der Waals surface area contributed by atoms with Crippen LogP contribution in [0.5, 0.6) is 5.75 Å². The lowest BCUT2D eigenvalue weighted by Crippen LogP contribution is -2.31. The molecule has 1 fully saturated rings. The number of benzene rings is 2. The lowest BCUT2D eigenvalue weighted by molar-refractivity contribution is 0.0733. The summed E-state index contributed by atoms with van der Waals surface area (Å²) >= 11 is 0. The number of likely N-dealkylation sites (tertiary alicyclic amines) is 1. The van der Waals surface area contributed by atoms with Crippen LogP contribution in [0.3, 0.4) is 0 Å². The molecule has 1 aliphatic rings. The average Bonchev–Trinajstić information content (AvgIpc) is 3.39. The maximum atomic E-state index is 13.5. The molecule has 0 bridgehead atoms. The molecule has 0 radical (unpaired) electrons. The van der Waals surface area contributed by atoms with Gasteiger partial charge >= 0.3 is 0 Å². The van der Waals surface area contributed by atoms with E-state index in [1.54, 1.807) is 31.8 Å². The smallest absolute Gasteiger partial charge is 0.254 e. The number of hydrogen-bond donors (Lipinski definition) is 1. The molecule has 8 heteroatoms. The van der Waals surface area contributed by atoms with Gasteiger partial charge in [0.2, 0.25) is 5.95 Å². The summed E-state index contributed by atoms with van der Waals surface area (Å²) in [4.78, 5) is 33.0. The topological polar surface area (TPSA) is 93.1 Å². The third kappa shape index (κ3) is 4.56. The highest BCUT2D eigenvalue weighted by Crippen LogP contribution is 2.33. The van der Waals surface area contributed by atoms with Crippen molar-refractivity contribution in [2.75, 3.05) is 19.0 Å². The predicted molar refractivity (Wildman–Crippen MR) is 129 cm³/mol. The van der Waals surface area contributed by atoms with Crippen LogP contribution in [0.15, 0.2) is 79.3 Å². The molecule has 1 atom stereocenters. The number of nitrogens with zero attached hydrogens (tertiary/aromatic N) is 5. The lowest BCUT2D eigenvalue weighted by atomic mass is 10.1. The van der Waals surface area contributed by atoms with Crippen LogP contribution in [-0.2, 0) is 0 Å². The van der Waals surface area contributed by atoms with Gasteiger partial charge in [0.25, 0.3) is 5.91 Å². The van der Waals surface area contributed by atoms with Gasteiger partial charge < -0.3 is 15.0 Å². The number of aromatic nitrogens is 4. The maximum absolute atomic E-state index is 13.5. The number of rotatable bonds is 6. The number of ether oxygens (including phenoxy) is 1. The first-order valence-electron chi connectivity index (χ1n) is 11.1. The van der Waals surface area contributed by atoms with Gasteiger partial charge in [-0.25, -0.2) is 19.9 Å². The van der Waals surface area contributed by atoms with Crippen LogP contribution in [0, 0.1) is 0 Å². The van der Waals surface area contributed by atoms with Gasteiger partial charge in [0.05, 0.1) is 18.8 Å². The molecule has 0 saturated carbocycles. The van der Waals surface area contributed by atoms with Crippen molar-refractivity contribution in [2.24, 2.45) is 0 Å². The van der Waals surface area contributed by atoms with Gasteiger partial charge in [-0.05, 0) is 67.4 Å². The summed E-state index contributed by atoms with van der Waals surface area (Å²) in [5.74, 6) is 1.87. The zero-order valence-corrected chi connectivity index (χ0v) is 18.8. The van der Waals surface area contributed by atoms with Gasteiger partial charge in [0.1, 0.15) is 5.75 Å². The highest BCUT2D eigenvalue weighted by Gasteiger charge is 2.32. The highest BCUT2D eigenvalue weighted by atomic mass is 16.5. The number of carbonyl (C=O) groups is 1. The molecule has 1 amide bonds. The van der Waals surface area contributed by atoms with Crippen LogP contribution in [0.25, 0.3) is 11.4 Å². The molecule has 5 rings (SSSR count). The standard InChI is InChI=1S/C26H24N6O2/c1-34-21-10-8-18(9-11-21)24-27-15-12-22(31-24)23-7-3-16-32(23)25(33)19-5-2-6-20(17-19)30-26-28-13-4-14-29-26/h2,4-6,8-15,17,23H,3,7,16H2,1H3,(H,28,29,30)/t23-/m1/s1. The van der Waals surface area contributed by atoms with Crippen LogP contribution in [0.1, 0.15) is 34.9 Å². The fourth-order valence-electron chi connectivity index (χ4n) is 4.14. The van der Waals surface area contributed by atoms with E-state index >= 15 is 0 Å². The minimum atomic E-state index is -0.0958. The van der Waals surface area contributed by atoms with Gasteiger partial charge in [0, 0.05) is 41.9 Å². The Hall–Kier alpha value is -4.33. The SMILES string of the molecule is COc1ccc(-c2nccc([C@H]3CCCN3C(=O)c3cccc(Nc4ncccn4)c3)n2)cc1. The van der Waals surface area contributed by atoms with Gasteiger partial charge in [-0.15, -0.1) is 0 Å². The predicted octanol–water partition coefficient (Wildman–Crippen LogP) is 4.66. The molecule has 0 aliphatic carbocycles. The number of nitrogens with one attached hydrogen (secondary N) is 1. The van der Waals surface area contributed by atoms with E-state index in [1.807, 2.05) is 59.5 Å². The van der Waals surface area contributed by atoms with Gasteiger partial charge in [-0.2, -0.15) is 0 Å². The molecule has 2 aromatic heterocycles. The Labute approximate surface area is 197 Å². The summed E-state index contributed by atoms with van der Waals surface area (Å²) in [6.45, 7) is 0.685. The Balaban J connectivity index is 1.37. The third-order valence-electron chi connectivity index (χ3n) is 5.81. The van der Waals surface area contributed by atoms with E-state index in [0.29, 0.717) is 23.9 Å². The van der Waals surface area contributed by atoms with E-state index in [9.17, 15) is 4.79 Å². The summed E-state index contributed by atoms with van der Waals surface area (Å²) in [6, 6.07) is 18.6. The largest absolute Gasteiger partial charge is 0.497 e. The van der Waals surface area contributed by atoms with Crippen molar-refractivity contribution < 1.29 is 9.53 Å².